The van der Waals surface area contributed by atoms with E-state index in [1.165, 1.54) is 15.3 Å². The minimum absolute atomic E-state index is 0.245. The van der Waals surface area contributed by atoms with E-state index in [9.17, 15) is 4.79 Å². The number of amides is 1. The van der Waals surface area contributed by atoms with Gasteiger partial charge in [0, 0.05) is 21.4 Å². The zero-order valence-electron chi connectivity index (χ0n) is 21.5. The van der Waals surface area contributed by atoms with E-state index >= 15 is 0 Å². The first-order valence-electron chi connectivity index (χ1n) is 12.3. The van der Waals surface area contributed by atoms with Crippen molar-refractivity contribution in [1.29, 1.82) is 0 Å². The molecular weight excluding hydrogens is 623 g/mol. The number of aromatic nitrogens is 3. The van der Waals surface area contributed by atoms with Gasteiger partial charge in [-0.25, -0.2) is 5.43 Å². The molecule has 0 aliphatic rings. The van der Waals surface area contributed by atoms with Crippen molar-refractivity contribution in [2.75, 3.05) is 5.32 Å². The smallest absolute Gasteiger partial charge is 0.253 e. The van der Waals surface area contributed by atoms with Crippen LogP contribution in [0.1, 0.15) is 23.9 Å². The van der Waals surface area contributed by atoms with Gasteiger partial charge in [0.25, 0.3) is 5.91 Å². The predicted octanol–water partition coefficient (Wildman–Crippen LogP) is 5.89. The van der Waals surface area contributed by atoms with Gasteiger partial charge in [0.15, 0.2) is 11.0 Å². The molecule has 2 N–H and O–H groups in total. The first kappa shape index (κ1) is 28.4. The Morgan fingerprint density at radius 3 is 2.62 bits per heavy atom. The van der Waals surface area contributed by atoms with E-state index in [0.29, 0.717) is 30.6 Å². The number of hydrogen-bond donors (Lipinski definition) is 2. The Kier molecular flexibility index (Phi) is 10.5. The first-order valence-corrected chi connectivity index (χ1v) is 14.3. The lowest BCUT2D eigenvalue weighted by Gasteiger charge is -2.12. The van der Waals surface area contributed by atoms with Crippen molar-refractivity contribution in [2.24, 2.45) is 5.10 Å². The summed E-state index contributed by atoms with van der Waals surface area (Å²) in [4.78, 5) is 12.8. The van der Waals surface area contributed by atoms with Gasteiger partial charge in [0.2, 0.25) is 0 Å². The van der Waals surface area contributed by atoms with Crippen LogP contribution in [-0.4, -0.2) is 32.1 Å². The van der Waals surface area contributed by atoms with Crippen LogP contribution >= 0.6 is 34.4 Å². The fourth-order valence-electron chi connectivity index (χ4n) is 3.52. The van der Waals surface area contributed by atoms with Gasteiger partial charge in [0.05, 0.1) is 18.0 Å². The van der Waals surface area contributed by atoms with Crippen LogP contribution < -0.4 is 15.5 Å². The quantitative estimate of drug-likeness (QED) is 0.0616. The van der Waals surface area contributed by atoms with Crippen LogP contribution in [0.5, 0.6) is 5.75 Å². The van der Waals surface area contributed by atoms with E-state index in [2.05, 4.69) is 55.2 Å². The van der Waals surface area contributed by atoms with E-state index in [1.54, 1.807) is 12.3 Å². The van der Waals surface area contributed by atoms with Crippen LogP contribution in [0.4, 0.5) is 5.69 Å². The van der Waals surface area contributed by atoms with Crippen molar-refractivity contribution < 1.29 is 9.53 Å². The monoisotopic (exact) mass is 652 g/mol. The molecule has 0 aliphatic carbocycles. The van der Waals surface area contributed by atoms with E-state index in [1.807, 2.05) is 90.4 Å². The number of para-hydroxylation sites is 1. The van der Waals surface area contributed by atoms with Crippen LogP contribution in [0.15, 0.2) is 102 Å². The fraction of sp³-hybridized carbons (Fsp3) is 0.172. The molecular formula is C29H29IN6O2S. The van der Waals surface area contributed by atoms with E-state index in [-0.39, 0.29) is 5.91 Å². The Balaban J connectivity index is 1.33. The molecule has 1 atom stereocenters. The van der Waals surface area contributed by atoms with Crippen molar-refractivity contribution >= 4 is 52.2 Å². The van der Waals surface area contributed by atoms with Crippen molar-refractivity contribution in [2.45, 2.75) is 37.0 Å². The molecule has 3 aromatic carbocycles. The molecule has 4 rings (SSSR count). The summed E-state index contributed by atoms with van der Waals surface area (Å²) in [6.07, 6.45) is 3.37. The van der Waals surface area contributed by atoms with Crippen LogP contribution in [0.2, 0.25) is 0 Å². The molecule has 1 amide bonds. The molecule has 0 saturated heterocycles. The van der Waals surface area contributed by atoms with Gasteiger partial charge in [-0.05, 0) is 71.5 Å². The molecule has 1 aromatic heterocycles. The maximum absolute atomic E-state index is 12.8. The predicted molar refractivity (Wildman–Crippen MR) is 165 cm³/mol. The molecule has 8 nitrogen and oxygen atoms in total. The number of carbonyl (C=O) groups is 1. The number of hydrogen-bond acceptors (Lipinski definition) is 7. The van der Waals surface area contributed by atoms with Gasteiger partial charge in [-0.3, -0.25) is 4.79 Å². The van der Waals surface area contributed by atoms with Crippen LogP contribution in [-0.2, 0) is 24.5 Å². The average Bonchev–Trinajstić information content (AvgIpc) is 3.33. The SMILES string of the molecule is C=CCn1c(CNc2ccc(I)cc2)nnc1SC(C)C(=O)N/N=C/c1ccccc1OCc1ccccc1. The minimum Gasteiger partial charge on any atom is -0.488 e. The van der Waals surface area contributed by atoms with E-state index in [0.717, 1.165) is 22.6 Å². The van der Waals surface area contributed by atoms with Crippen molar-refractivity contribution in [3.63, 3.8) is 0 Å². The Morgan fingerprint density at radius 2 is 1.85 bits per heavy atom. The molecule has 0 saturated carbocycles. The highest BCUT2D eigenvalue weighted by atomic mass is 127. The lowest BCUT2D eigenvalue weighted by Crippen LogP contribution is -2.27. The molecule has 1 heterocycles. The third kappa shape index (κ3) is 8.42. The highest BCUT2D eigenvalue weighted by Crippen LogP contribution is 2.23. The van der Waals surface area contributed by atoms with Gasteiger partial charge in [-0.15, -0.1) is 16.8 Å². The van der Waals surface area contributed by atoms with Gasteiger partial charge >= 0.3 is 0 Å². The second-order valence-corrected chi connectivity index (χ2v) is 11.0. The largest absolute Gasteiger partial charge is 0.488 e. The third-order valence-electron chi connectivity index (χ3n) is 5.59. The first-order chi connectivity index (χ1) is 19.0. The number of allylic oxidation sites excluding steroid dienone is 1. The highest BCUT2D eigenvalue weighted by Gasteiger charge is 2.19. The average molecular weight is 653 g/mol. The van der Waals surface area contributed by atoms with E-state index in [4.69, 9.17) is 4.74 Å². The Bertz CT molecular complexity index is 1410. The number of nitrogens with one attached hydrogen (secondary N) is 2. The lowest BCUT2D eigenvalue weighted by atomic mass is 10.2. The molecule has 200 valence electrons. The molecule has 10 heteroatoms. The summed E-state index contributed by atoms with van der Waals surface area (Å²) < 4.78 is 9.08. The summed E-state index contributed by atoms with van der Waals surface area (Å²) in [6, 6.07) is 25.6. The highest BCUT2D eigenvalue weighted by molar-refractivity contribution is 14.1. The van der Waals surface area contributed by atoms with Crippen LogP contribution in [0, 0.1) is 3.57 Å². The molecule has 0 radical (unpaired) electrons. The number of carbonyl (C=O) groups excluding carboxylic acids is 1. The summed E-state index contributed by atoms with van der Waals surface area (Å²) in [6.45, 7) is 7.14. The van der Waals surface area contributed by atoms with Crippen molar-refractivity contribution in [3.8, 4) is 5.75 Å². The van der Waals surface area contributed by atoms with Crippen molar-refractivity contribution in [3.05, 3.63) is 112 Å². The zero-order valence-corrected chi connectivity index (χ0v) is 24.4. The molecule has 0 aliphatic heterocycles. The zero-order chi connectivity index (χ0) is 27.5. The summed E-state index contributed by atoms with van der Waals surface area (Å²) in [5, 5.41) is 16.4. The van der Waals surface area contributed by atoms with Gasteiger partial charge in [0.1, 0.15) is 12.4 Å². The van der Waals surface area contributed by atoms with E-state index < -0.39 is 5.25 Å². The fourth-order valence-corrected chi connectivity index (χ4v) is 4.75. The summed E-state index contributed by atoms with van der Waals surface area (Å²) in [5.41, 5.74) is 5.46. The number of hydrazone groups is 1. The normalized spacial score (nSPS) is 11.7. The standard InChI is InChI=1S/C29H29IN6O2S/c1-3-17-36-27(19-31-25-15-13-24(30)14-16-25)33-35-29(36)39-21(2)28(37)34-32-18-23-11-7-8-12-26(23)38-20-22-9-5-4-6-10-22/h3-16,18,21,31H,1,17,19-20H2,2H3,(H,34,37)/b32-18+. The maximum atomic E-state index is 12.8. The number of benzene rings is 3. The number of ether oxygens (including phenoxy) is 1. The molecule has 4 aromatic rings. The molecule has 0 bridgehead atoms. The third-order valence-corrected chi connectivity index (χ3v) is 7.39. The minimum atomic E-state index is -0.448. The topological polar surface area (TPSA) is 93.4 Å². The Morgan fingerprint density at radius 1 is 1.10 bits per heavy atom. The maximum Gasteiger partial charge on any atom is 0.253 e. The van der Waals surface area contributed by atoms with Gasteiger partial charge in [-0.2, -0.15) is 5.10 Å². The number of halogens is 1. The second kappa shape index (κ2) is 14.5. The molecule has 0 spiro atoms. The van der Waals surface area contributed by atoms with Crippen LogP contribution in [0.25, 0.3) is 0 Å². The number of thioether (sulfide) groups is 1. The molecule has 39 heavy (non-hydrogen) atoms. The molecule has 1 unspecified atom stereocenters. The number of rotatable bonds is 13. The Hall–Kier alpha value is -3.64. The molecule has 0 fully saturated rings. The number of anilines is 1. The second-order valence-electron chi connectivity index (χ2n) is 8.46. The summed E-state index contributed by atoms with van der Waals surface area (Å²) in [5.74, 6) is 1.20. The van der Waals surface area contributed by atoms with Gasteiger partial charge < -0.3 is 14.6 Å². The Labute approximate surface area is 246 Å². The summed E-state index contributed by atoms with van der Waals surface area (Å²) in [7, 11) is 0. The number of nitrogens with zero attached hydrogens (tertiary/aromatic N) is 4. The van der Waals surface area contributed by atoms with Gasteiger partial charge in [-0.1, -0.05) is 60.3 Å². The van der Waals surface area contributed by atoms with Crippen LogP contribution in [0.3, 0.4) is 0 Å². The lowest BCUT2D eigenvalue weighted by molar-refractivity contribution is -0.120. The van der Waals surface area contributed by atoms with Crippen molar-refractivity contribution in [1.82, 2.24) is 20.2 Å². The summed E-state index contributed by atoms with van der Waals surface area (Å²) >= 11 is 3.59.